The topological polar surface area (TPSA) is 87.7 Å². The van der Waals surface area contributed by atoms with E-state index in [1.807, 2.05) is 13.8 Å². The van der Waals surface area contributed by atoms with Crippen LogP contribution in [-0.4, -0.2) is 55.0 Å². The van der Waals surface area contributed by atoms with E-state index in [2.05, 4.69) is 10.6 Å². The van der Waals surface area contributed by atoms with E-state index in [0.29, 0.717) is 33.8 Å². The molecule has 0 spiro atoms. The summed E-state index contributed by atoms with van der Waals surface area (Å²) < 4.78 is 5.13. The Bertz CT molecular complexity index is 758. The van der Waals surface area contributed by atoms with Crippen LogP contribution in [0.2, 0.25) is 15.1 Å². The van der Waals surface area contributed by atoms with E-state index < -0.39 is 12.0 Å². The fraction of sp³-hybridized carbons (Fsp3) is 0.500. The van der Waals surface area contributed by atoms with E-state index in [1.54, 1.807) is 0 Å². The van der Waals surface area contributed by atoms with Gasteiger partial charge in [0.15, 0.2) is 0 Å². The third kappa shape index (κ3) is 6.15. The molecule has 1 fully saturated rings. The summed E-state index contributed by atoms with van der Waals surface area (Å²) in [6, 6.07) is 2.08. The van der Waals surface area contributed by atoms with Gasteiger partial charge in [-0.25, -0.2) is 0 Å². The van der Waals surface area contributed by atoms with Crippen molar-refractivity contribution in [1.29, 1.82) is 0 Å². The number of carbonyl (C=O) groups is 3. The van der Waals surface area contributed by atoms with Gasteiger partial charge in [0.2, 0.25) is 11.8 Å². The molecule has 1 unspecified atom stereocenters. The maximum absolute atomic E-state index is 12.7. The molecule has 2 N–H and O–H groups in total. The molecule has 10 heteroatoms. The van der Waals surface area contributed by atoms with Crippen LogP contribution < -0.4 is 10.6 Å². The molecule has 0 radical (unpaired) electrons. The minimum atomic E-state index is -0.910. The zero-order valence-electron chi connectivity index (χ0n) is 15.6. The Kier molecular flexibility index (Phi) is 8.22. The summed E-state index contributed by atoms with van der Waals surface area (Å²) in [5, 5.41) is 6.47. The van der Waals surface area contributed by atoms with Gasteiger partial charge in [-0.2, -0.15) is 0 Å². The third-order valence-electron chi connectivity index (χ3n) is 4.03. The second-order valence-corrected chi connectivity index (χ2v) is 8.00. The summed E-state index contributed by atoms with van der Waals surface area (Å²) in [5.74, 6) is -1.07. The maximum Gasteiger partial charge on any atom is 0.308 e. The SMILES string of the molecule is CC(C)COC(=O)CC1C(=O)NCCN1C(=O)CNc1cc(Cl)c(Cl)cc1Cl. The molecule has 1 aromatic rings. The predicted molar refractivity (Wildman–Crippen MR) is 109 cm³/mol. The number of benzene rings is 1. The molecule has 0 aliphatic carbocycles. The highest BCUT2D eigenvalue weighted by atomic mass is 35.5. The molecule has 1 aliphatic heterocycles. The molecule has 0 bridgehead atoms. The van der Waals surface area contributed by atoms with Crippen LogP contribution in [0.15, 0.2) is 12.1 Å². The van der Waals surface area contributed by atoms with E-state index in [4.69, 9.17) is 39.5 Å². The van der Waals surface area contributed by atoms with Gasteiger partial charge < -0.3 is 20.3 Å². The van der Waals surface area contributed by atoms with Crippen LogP contribution in [-0.2, 0) is 19.1 Å². The van der Waals surface area contributed by atoms with Crippen molar-refractivity contribution >= 4 is 58.3 Å². The summed E-state index contributed by atoms with van der Waals surface area (Å²) in [6.45, 7) is 4.58. The highest BCUT2D eigenvalue weighted by Crippen LogP contribution is 2.32. The molecule has 28 heavy (non-hydrogen) atoms. The lowest BCUT2D eigenvalue weighted by Gasteiger charge is -2.34. The first-order valence-corrected chi connectivity index (χ1v) is 9.93. The predicted octanol–water partition coefficient (Wildman–Crippen LogP) is 2.98. The van der Waals surface area contributed by atoms with Gasteiger partial charge in [-0.1, -0.05) is 48.7 Å². The Morgan fingerprint density at radius 1 is 1.25 bits per heavy atom. The van der Waals surface area contributed by atoms with E-state index >= 15 is 0 Å². The van der Waals surface area contributed by atoms with Crippen LogP contribution in [0.1, 0.15) is 20.3 Å². The lowest BCUT2D eigenvalue weighted by molar-refractivity contribution is -0.152. The molecule has 1 aliphatic rings. The van der Waals surface area contributed by atoms with Crippen LogP contribution in [0.3, 0.4) is 0 Å². The zero-order valence-corrected chi connectivity index (χ0v) is 17.8. The van der Waals surface area contributed by atoms with Crippen molar-refractivity contribution in [3.05, 3.63) is 27.2 Å². The number of hydrogen-bond donors (Lipinski definition) is 2. The molecule has 0 saturated carbocycles. The fourth-order valence-corrected chi connectivity index (χ4v) is 3.24. The summed E-state index contributed by atoms with van der Waals surface area (Å²) in [5.41, 5.74) is 0.443. The molecule has 2 rings (SSSR count). The summed E-state index contributed by atoms with van der Waals surface area (Å²) in [4.78, 5) is 38.3. The lowest BCUT2D eigenvalue weighted by atomic mass is 10.1. The van der Waals surface area contributed by atoms with Gasteiger partial charge in [-0.15, -0.1) is 0 Å². The van der Waals surface area contributed by atoms with Gasteiger partial charge >= 0.3 is 5.97 Å². The smallest absolute Gasteiger partial charge is 0.308 e. The van der Waals surface area contributed by atoms with Gasteiger partial charge in [0, 0.05) is 13.1 Å². The second-order valence-electron chi connectivity index (χ2n) is 6.77. The molecule has 1 saturated heterocycles. The van der Waals surface area contributed by atoms with E-state index in [0.717, 1.165) is 0 Å². The highest BCUT2D eigenvalue weighted by molar-refractivity contribution is 6.44. The molecule has 154 valence electrons. The number of hydrogen-bond acceptors (Lipinski definition) is 5. The minimum Gasteiger partial charge on any atom is -0.465 e. The normalized spacial score (nSPS) is 16.7. The number of halogens is 3. The number of esters is 1. The monoisotopic (exact) mass is 449 g/mol. The number of nitrogens with zero attached hydrogens (tertiary/aromatic N) is 1. The van der Waals surface area contributed by atoms with Gasteiger partial charge in [-0.3, -0.25) is 14.4 Å². The van der Waals surface area contributed by atoms with E-state index in [9.17, 15) is 14.4 Å². The van der Waals surface area contributed by atoms with Crippen LogP contribution in [0.4, 0.5) is 5.69 Å². The van der Waals surface area contributed by atoms with E-state index in [1.165, 1.54) is 17.0 Å². The largest absolute Gasteiger partial charge is 0.465 e. The molecule has 1 heterocycles. The first-order valence-electron chi connectivity index (χ1n) is 8.80. The first-order chi connectivity index (χ1) is 13.2. The minimum absolute atomic E-state index is 0.123. The quantitative estimate of drug-likeness (QED) is 0.492. The van der Waals surface area contributed by atoms with Gasteiger partial charge in [0.05, 0.1) is 40.3 Å². The average molecular weight is 451 g/mol. The van der Waals surface area contributed by atoms with Gasteiger partial charge in [0.1, 0.15) is 6.04 Å². The molecule has 2 amide bonds. The van der Waals surface area contributed by atoms with Crippen LogP contribution in [0.5, 0.6) is 0 Å². The Labute approximate surface area is 178 Å². The number of anilines is 1. The summed E-state index contributed by atoms with van der Waals surface area (Å²) in [7, 11) is 0. The van der Waals surface area contributed by atoms with Crippen LogP contribution in [0.25, 0.3) is 0 Å². The fourth-order valence-electron chi connectivity index (χ4n) is 2.62. The molecular formula is C18H22Cl3N3O4. The van der Waals surface area contributed by atoms with Crippen molar-refractivity contribution in [2.45, 2.75) is 26.3 Å². The van der Waals surface area contributed by atoms with Crippen LogP contribution in [0, 0.1) is 5.92 Å². The third-order valence-corrected chi connectivity index (χ3v) is 5.06. The summed E-state index contributed by atoms with van der Waals surface area (Å²) >= 11 is 18.0. The zero-order chi connectivity index (χ0) is 20.8. The second kappa shape index (κ2) is 10.2. The van der Waals surface area contributed by atoms with Crippen molar-refractivity contribution in [2.75, 3.05) is 31.6 Å². The first kappa shape index (κ1) is 22.6. The molecular weight excluding hydrogens is 429 g/mol. The Balaban J connectivity index is 2.01. The Hall–Kier alpha value is -1.70. The van der Waals surface area contributed by atoms with Crippen LogP contribution >= 0.6 is 34.8 Å². The number of piperazine rings is 1. The molecule has 1 atom stereocenters. The number of rotatable bonds is 7. The Morgan fingerprint density at radius 2 is 1.93 bits per heavy atom. The van der Waals surface area contributed by atoms with Gasteiger partial charge in [0.25, 0.3) is 0 Å². The number of nitrogens with one attached hydrogen (secondary N) is 2. The lowest BCUT2D eigenvalue weighted by Crippen LogP contribution is -2.58. The number of carbonyl (C=O) groups excluding carboxylic acids is 3. The van der Waals surface area contributed by atoms with E-state index in [-0.39, 0.29) is 37.3 Å². The molecule has 0 aromatic heterocycles. The number of amides is 2. The standard InChI is InChI=1S/C18H22Cl3N3O4/c1-10(2)9-28-17(26)7-15-18(27)22-3-4-24(15)16(25)8-23-14-6-12(20)11(19)5-13(14)21/h5-6,10,15,23H,3-4,7-9H2,1-2H3,(H,22,27). The summed E-state index contributed by atoms with van der Waals surface area (Å²) in [6.07, 6.45) is -0.197. The molecule has 7 nitrogen and oxygen atoms in total. The highest BCUT2D eigenvalue weighted by Gasteiger charge is 2.35. The van der Waals surface area contributed by atoms with Crippen molar-refractivity contribution in [2.24, 2.45) is 5.92 Å². The van der Waals surface area contributed by atoms with Crippen molar-refractivity contribution in [3.63, 3.8) is 0 Å². The van der Waals surface area contributed by atoms with Crippen molar-refractivity contribution in [1.82, 2.24) is 10.2 Å². The Morgan fingerprint density at radius 3 is 2.61 bits per heavy atom. The number of ether oxygens (including phenoxy) is 1. The maximum atomic E-state index is 12.7. The van der Waals surface area contributed by atoms with Gasteiger partial charge in [-0.05, 0) is 18.1 Å². The molecule has 1 aromatic carbocycles. The van der Waals surface area contributed by atoms with Crippen molar-refractivity contribution in [3.8, 4) is 0 Å². The average Bonchev–Trinajstić information content (AvgIpc) is 2.63. The van der Waals surface area contributed by atoms with Crippen molar-refractivity contribution < 1.29 is 19.1 Å².